The Bertz CT molecular complexity index is 2120. The van der Waals surface area contributed by atoms with Gasteiger partial charge < -0.3 is 13.9 Å². The second-order valence-electron chi connectivity index (χ2n) is 10.5. The Morgan fingerprint density at radius 1 is 1.11 bits per heavy atom. The molecule has 1 unspecified atom stereocenters. The van der Waals surface area contributed by atoms with Crippen molar-refractivity contribution in [2.75, 3.05) is 13.7 Å². The van der Waals surface area contributed by atoms with E-state index < -0.39 is 12.0 Å². The molecule has 44 heavy (non-hydrogen) atoms. The lowest BCUT2D eigenvalue weighted by Gasteiger charge is -2.28. The third kappa shape index (κ3) is 5.35. The third-order valence-electron chi connectivity index (χ3n) is 7.61. The molecule has 1 aliphatic rings. The molecule has 0 N–H and O–H groups in total. The Morgan fingerprint density at radius 2 is 1.93 bits per heavy atom. The Balaban J connectivity index is 1.59. The van der Waals surface area contributed by atoms with Crippen LogP contribution in [0.3, 0.4) is 0 Å². The topological polar surface area (TPSA) is 83.0 Å². The molecule has 0 saturated heterocycles. The Labute approximate surface area is 266 Å². The fraction of sp³-hybridized carbons (Fsp3) is 0.229. The van der Waals surface area contributed by atoms with Crippen LogP contribution in [0.25, 0.3) is 28.2 Å². The van der Waals surface area contributed by atoms with Crippen molar-refractivity contribution in [3.63, 3.8) is 0 Å². The minimum atomic E-state index is -0.800. The number of furan rings is 1. The number of hydrogen-bond acceptors (Lipinski definition) is 7. The van der Waals surface area contributed by atoms with Gasteiger partial charge in [-0.1, -0.05) is 77.0 Å². The van der Waals surface area contributed by atoms with Gasteiger partial charge >= 0.3 is 5.97 Å². The van der Waals surface area contributed by atoms with Crippen molar-refractivity contribution in [3.8, 4) is 17.1 Å². The lowest BCUT2D eigenvalue weighted by atomic mass is 9.90. The lowest BCUT2D eigenvalue weighted by molar-refractivity contribution is -0.139. The van der Waals surface area contributed by atoms with Gasteiger partial charge in [0.15, 0.2) is 4.80 Å². The number of rotatable bonds is 8. The molecule has 0 saturated carbocycles. The molecule has 6 rings (SSSR count). The molecule has 9 heteroatoms. The second kappa shape index (κ2) is 12.4. The maximum absolute atomic E-state index is 14.3. The second-order valence-corrected chi connectivity index (χ2v) is 12.4. The number of methoxy groups -OCH3 is 1. The molecule has 0 bridgehead atoms. The van der Waals surface area contributed by atoms with Crippen molar-refractivity contribution in [2.24, 2.45) is 4.99 Å². The van der Waals surface area contributed by atoms with Gasteiger partial charge in [-0.3, -0.25) is 9.36 Å². The van der Waals surface area contributed by atoms with E-state index in [0.29, 0.717) is 44.3 Å². The van der Waals surface area contributed by atoms with Crippen molar-refractivity contribution in [3.05, 3.63) is 119 Å². The highest BCUT2D eigenvalue weighted by Gasteiger charge is 2.37. The summed E-state index contributed by atoms with van der Waals surface area (Å²) in [6.45, 7) is 6.04. The molecule has 1 aliphatic heterocycles. The van der Waals surface area contributed by atoms with Crippen LogP contribution in [0.5, 0.6) is 5.75 Å². The van der Waals surface area contributed by atoms with Crippen LogP contribution >= 0.6 is 27.3 Å². The van der Waals surface area contributed by atoms with E-state index in [1.54, 1.807) is 24.7 Å². The summed E-state index contributed by atoms with van der Waals surface area (Å²) in [6, 6.07) is 20.7. The molecule has 0 spiro atoms. The number of fused-ring (bicyclic) bond motifs is 2. The summed E-state index contributed by atoms with van der Waals surface area (Å²) in [7, 11) is 1.60. The number of carbonyl (C=O) groups excluding carboxylic acids is 1. The highest BCUT2D eigenvalue weighted by atomic mass is 79.9. The predicted octanol–water partition coefficient (Wildman–Crippen LogP) is 7.07. The number of aryl methyl sites for hydroxylation is 1. The normalized spacial score (nSPS) is 14.9. The first-order valence-electron chi connectivity index (χ1n) is 14.5. The molecule has 0 fully saturated rings. The van der Waals surface area contributed by atoms with Crippen molar-refractivity contribution >= 4 is 50.1 Å². The van der Waals surface area contributed by atoms with Crippen LogP contribution in [0.2, 0.25) is 0 Å². The molecule has 0 radical (unpaired) electrons. The Morgan fingerprint density at radius 3 is 2.68 bits per heavy atom. The van der Waals surface area contributed by atoms with Crippen LogP contribution < -0.4 is 19.6 Å². The Kier molecular flexibility index (Phi) is 8.42. The van der Waals surface area contributed by atoms with Gasteiger partial charge in [0.2, 0.25) is 0 Å². The summed E-state index contributed by atoms with van der Waals surface area (Å²) >= 11 is 4.90. The average molecular weight is 672 g/mol. The molecule has 7 nitrogen and oxygen atoms in total. The number of aromatic nitrogens is 1. The van der Waals surface area contributed by atoms with E-state index in [2.05, 4.69) is 15.9 Å². The minimum absolute atomic E-state index is 0.198. The van der Waals surface area contributed by atoms with E-state index in [1.807, 2.05) is 80.6 Å². The monoisotopic (exact) mass is 670 g/mol. The summed E-state index contributed by atoms with van der Waals surface area (Å²) in [6.07, 6.45) is 3.05. The van der Waals surface area contributed by atoms with E-state index >= 15 is 0 Å². The summed E-state index contributed by atoms with van der Waals surface area (Å²) in [5, 5.41) is 1.85. The number of nitrogens with zero attached hydrogens (tertiary/aromatic N) is 2. The first kappa shape index (κ1) is 29.8. The highest BCUT2D eigenvalue weighted by molar-refractivity contribution is 9.10. The number of allylic oxidation sites excluding steroid dienone is 1. The number of hydrogen-bond donors (Lipinski definition) is 0. The fourth-order valence-electron chi connectivity index (χ4n) is 5.65. The maximum atomic E-state index is 14.3. The van der Waals surface area contributed by atoms with Gasteiger partial charge in [-0.05, 0) is 66.9 Å². The van der Waals surface area contributed by atoms with E-state index in [4.69, 9.17) is 18.9 Å². The number of benzene rings is 3. The van der Waals surface area contributed by atoms with Gasteiger partial charge in [0, 0.05) is 21.7 Å². The van der Waals surface area contributed by atoms with E-state index in [9.17, 15) is 9.59 Å². The quantitative estimate of drug-likeness (QED) is 0.165. The van der Waals surface area contributed by atoms with Crippen molar-refractivity contribution < 1.29 is 18.7 Å². The SMILES string of the molecule is CCCC1=C(C(=O)OCC)C(c2c(OC)ccc3ccccc23)n2c(s/c(=C\c3ccc(-c4ccc(C)cc4Br)o3)c2=O)=N1. The van der Waals surface area contributed by atoms with Crippen LogP contribution in [0.1, 0.15) is 49.6 Å². The molecular formula is C35H31BrN2O5S. The van der Waals surface area contributed by atoms with Crippen molar-refractivity contribution in [2.45, 2.75) is 39.7 Å². The standard InChI is InChI=1S/C35H31BrN2O5S/c1-5-9-26-31(34(40)42-6-2)32(30-23-11-8-7-10-21(23)13-16-28(30)41-4)38-33(39)29(44-35(38)37-26)19-22-14-17-27(43-22)24-15-12-20(3)18-25(24)36/h7-8,10-19,32H,5-6,9H2,1-4H3/b29-19-. The van der Waals surface area contributed by atoms with Gasteiger partial charge in [0.25, 0.3) is 5.56 Å². The maximum Gasteiger partial charge on any atom is 0.338 e. The van der Waals surface area contributed by atoms with E-state index in [1.165, 1.54) is 11.3 Å². The van der Waals surface area contributed by atoms with Crippen LogP contribution in [-0.4, -0.2) is 24.3 Å². The van der Waals surface area contributed by atoms with Crippen LogP contribution in [0, 0.1) is 6.92 Å². The molecule has 3 aromatic carbocycles. The first-order chi connectivity index (χ1) is 21.3. The van der Waals surface area contributed by atoms with Crippen LogP contribution in [0.4, 0.5) is 0 Å². The number of ether oxygens (including phenoxy) is 2. The summed E-state index contributed by atoms with van der Waals surface area (Å²) in [4.78, 5) is 33.4. The number of thiazole rings is 1. The largest absolute Gasteiger partial charge is 0.496 e. The predicted molar refractivity (Wildman–Crippen MR) is 177 cm³/mol. The van der Waals surface area contributed by atoms with Gasteiger partial charge in [0.05, 0.1) is 29.5 Å². The van der Waals surface area contributed by atoms with Gasteiger partial charge in [0.1, 0.15) is 23.3 Å². The minimum Gasteiger partial charge on any atom is -0.496 e. The lowest BCUT2D eigenvalue weighted by Crippen LogP contribution is -2.40. The van der Waals surface area contributed by atoms with Crippen molar-refractivity contribution in [1.29, 1.82) is 0 Å². The number of carbonyl (C=O) groups is 1. The van der Waals surface area contributed by atoms with Crippen LogP contribution in [-0.2, 0) is 9.53 Å². The molecule has 0 aliphatic carbocycles. The third-order valence-corrected chi connectivity index (χ3v) is 9.25. The molecule has 1 atom stereocenters. The smallest absolute Gasteiger partial charge is 0.338 e. The summed E-state index contributed by atoms with van der Waals surface area (Å²) in [5.41, 5.74) is 3.46. The van der Waals surface area contributed by atoms with Gasteiger partial charge in [-0.25, -0.2) is 9.79 Å². The molecule has 3 heterocycles. The number of esters is 1. The first-order valence-corrected chi connectivity index (χ1v) is 16.1. The van der Waals surface area contributed by atoms with E-state index in [-0.39, 0.29) is 12.2 Å². The zero-order valence-electron chi connectivity index (χ0n) is 24.8. The molecule has 5 aromatic rings. The fourth-order valence-corrected chi connectivity index (χ4v) is 7.34. The highest BCUT2D eigenvalue weighted by Crippen LogP contribution is 2.41. The Hall–Kier alpha value is -4.21. The van der Waals surface area contributed by atoms with Crippen LogP contribution in [0.15, 0.2) is 96.7 Å². The average Bonchev–Trinajstić information content (AvgIpc) is 3.60. The summed E-state index contributed by atoms with van der Waals surface area (Å²) < 4.78 is 20.6. The zero-order valence-corrected chi connectivity index (χ0v) is 27.3. The molecular weight excluding hydrogens is 640 g/mol. The van der Waals surface area contributed by atoms with Crippen molar-refractivity contribution in [1.82, 2.24) is 4.57 Å². The number of halogens is 1. The molecule has 2 aromatic heterocycles. The summed E-state index contributed by atoms with van der Waals surface area (Å²) in [5.74, 6) is 1.30. The molecule has 0 amide bonds. The van der Waals surface area contributed by atoms with Gasteiger partial charge in [-0.15, -0.1) is 0 Å². The van der Waals surface area contributed by atoms with E-state index in [0.717, 1.165) is 38.4 Å². The van der Waals surface area contributed by atoms with Gasteiger partial charge in [-0.2, -0.15) is 0 Å². The molecule has 224 valence electrons. The zero-order chi connectivity index (χ0) is 31.0.